The lowest BCUT2D eigenvalue weighted by molar-refractivity contribution is 0.0714. The van der Waals surface area contributed by atoms with Gasteiger partial charge in [-0.25, -0.2) is 4.98 Å². The van der Waals surface area contributed by atoms with Gasteiger partial charge in [0.05, 0.1) is 17.1 Å². The molecule has 1 saturated carbocycles. The van der Waals surface area contributed by atoms with Crippen molar-refractivity contribution in [1.29, 1.82) is 0 Å². The summed E-state index contributed by atoms with van der Waals surface area (Å²) in [5, 5.41) is 9.15. The van der Waals surface area contributed by atoms with Crippen molar-refractivity contribution in [2.45, 2.75) is 25.4 Å². The van der Waals surface area contributed by atoms with Gasteiger partial charge in [-0.2, -0.15) is 0 Å². The molecule has 3 aromatic rings. The predicted molar refractivity (Wildman–Crippen MR) is 102 cm³/mol. The second-order valence-electron chi connectivity index (χ2n) is 6.17. The highest BCUT2D eigenvalue weighted by Gasteiger charge is 2.34. The number of aromatic nitrogens is 3. The van der Waals surface area contributed by atoms with E-state index in [4.69, 9.17) is 39.2 Å². The van der Waals surface area contributed by atoms with Crippen LogP contribution in [0.4, 0.5) is 0 Å². The van der Waals surface area contributed by atoms with E-state index >= 15 is 0 Å². The molecule has 0 N–H and O–H groups in total. The fourth-order valence-corrected chi connectivity index (χ4v) is 3.02. The van der Waals surface area contributed by atoms with Gasteiger partial charge >= 0.3 is 0 Å². The molecule has 0 radical (unpaired) electrons. The lowest BCUT2D eigenvalue weighted by Gasteiger charge is -2.20. The maximum absolute atomic E-state index is 12.9. The molecule has 0 atom stereocenters. The second kappa shape index (κ2) is 7.46. The van der Waals surface area contributed by atoms with Crippen molar-refractivity contribution < 1.29 is 9.21 Å². The molecule has 2 heterocycles. The summed E-state index contributed by atoms with van der Waals surface area (Å²) in [4.78, 5) is 18.5. The van der Waals surface area contributed by atoms with Gasteiger partial charge < -0.3 is 9.32 Å². The molecule has 1 aromatic carbocycles. The number of carbonyl (C=O) groups is 1. The molecule has 0 aliphatic heterocycles. The van der Waals surface area contributed by atoms with E-state index in [0.717, 1.165) is 18.4 Å². The predicted octanol–water partition coefficient (Wildman–Crippen LogP) is 4.90. The van der Waals surface area contributed by atoms with Gasteiger partial charge in [-0.05, 0) is 43.2 Å². The molecular weight excluding hydrogens is 411 g/mol. The Hall–Kier alpha value is -2.15. The van der Waals surface area contributed by atoms with E-state index in [1.807, 2.05) is 0 Å². The van der Waals surface area contributed by atoms with Crippen molar-refractivity contribution in [3.05, 3.63) is 63.2 Å². The third kappa shape index (κ3) is 4.08. The van der Waals surface area contributed by atoms with Crippen LogP contribution in [0.2, 0.25) is 15.2 Å². The van der Waals surface area contributed by atoms with Crippen LogP contribution in [0, 0.1) is 0 Å². The minimum absolute atomic E-state index is 0.137. The van der Waals surface area contributed by atoms with Crippen LogP contribution in [0.25, 0.3) is 11.5 Å². The number of amides is 1. The quantitative estimate of drug-likeness (QED) is 0.546. The fraction of sp³-hybridized carbons (Fsp3) is 0.222. The summed E-state index contributed by atoms with van der Waals surface area (Å²) >= 11 is 17.7. The SMILES string of the molecule is O=C(c1cnc(Cl)c(Cl)c1)N(Cc1nnc(-c2ccc(Cl)cc2)o1)C1CC1. The molecule has 0 spiro atoms. The molecule has 0 bridgehead atoms. The van der Waals surface area contributed by atoms with Gasteiger partial charge in [-0.1, -0.05) is 34.8 Å². The molecular formula is C18H13Cl3N4O2. The van der Waals surface area contributed by atoms with Gasteiger partial charge in [0, 0.05) is 22.8 Å². The van der Waals surface area contributed by atoms with Crippen LogP contribution in [-0.2, 0) is 6.54 Å². The zero-order chi connectivity index (χ0) is 19.0. The molecule has 2 aromatic heterocycles. The number of halogens is 3. The first-order chi connectivity index (χ1) is 13.0. The third-order valence-electron chi connectivity index (χ3n) is 4.16. The standard InChI is InChI=1S/C18H13Cl3N4O2/c19-12-3-1-10(2-4-12)17-24-23-15(27-17)9-25(13-5-6-13)18(26)11-7-14(20)16(21)22-8-11/h1-4,7-8,13H,5-6,9H2. The zero-order valence-electron chi connectivity index (χ0n) is 13.9. The van der Waals surface area contributed by atoms with E-state index in [2.05, 4.69) is 15.2 Å². The van der Waals surface area contributed by atoms with Gasteiger partial charge in [-0.3, -0.25) is 4.79 Å². The molecule has 9 heteroatoms. The number of benzene rings is 1. The molecule has 0 unspecified atom stereocenters. The Morgan fingerprint density at radius 2 is 1.89 bits per heavy atom. The van der Waals surface area contributed by atoms with Crippen LogP contribution >= 0.6 is 34.8 Å². The van der Waals surface area contributed by atoms with Crippen molar-refractivity contribution in [1.82, 2.24) is 20.1 Å². The smallest absolute Gasteiger partial charge is 0.256 e. The van der Waals surface area contributed by atoms with Crippen molar-refractivity contribution in [2.24, 2.45) is 0 Å². The zero-order valence-corrected chi connectivity index (χ0v) is 16.2. The fourth-order valence-electron chi connectivity index (χ4n) is 2.63. The van der Waals surface area contributed by atoms with Gasteiger partial charge in [0.15, 0.2) is 0 Å². The molecule has 138 valence electrons. The molecule has 1 aliphatic rings. The molecule has 27 heavy (non-hydrogen) atoms. The molecule has 6 nitrogen and oxygen atoms in total. The van der Waals surface area contributed by atoms with E-state index in [0.29, 0.717) is 22.4 Å². The van der Waals surface area contributed by atoms with E-state index < -0.39 is 0 Å². The lowest BCUT2D eigenvalue weighted by Crippen LogP contribution is -2.32. The first-order valence-electron chi connectivity index (χ1n) is 8.21. The van der Waals surface area contributed by atoms with Crippen LogP contribution in [0.15, 0.2) is 40.9 Å². The van der Waals surface area contributed by atoms with Crippen LogP contribution in [0.1, 0.15) is 29.1 Å². The Kier molecular flexibility index (Phi) is 5.04. The van der Waals surface area contributed by atoms with E-state index in [1.54, 1.807) is 29.2 Å². The molecule has 1 aliphatic carbocycles. The highest BCUT2D eigenvalue weighted by Crippen LogP contribution is 2.31. The Morgan fingerprint density at radius 3 is 2.56 bits per heavy atom. The monoisotopic (exact) mass is 422 g/mol. The van der Waals surface area contributed by atoms with Gasteiger partial charge in [-0.15, -0.1) is 10.2 Å². The highest BCUT2D eigenvalue weighted by molar-refractivity contribution is 6.41. The first-order valence-corrected chi connectivity index (χ1v) is 9.35. The molecule has 1 fully saturated rings. The van der Waals surface area contributed by atoms with Crippen molar-refractivity contribution in [3.8, 4) is 11.5 Å². The Bertz CT molecular complexity index is 987. The van der Waals surface area contributed by atoms with Gasteiger partial charge in [0.2, 0.25) is 11.8 Å². The van der Waals surface area contributed by atoms with Crippen LogP contribution in [0.5, 0.6) is 0 Å². The number of nitrogens with zero attached hydrogens (tertiary/aromatic N) is 4. The second-order valence-corrected chi connectivity index (χ2v) is 7.37. The van der Waals surface area contributed by atoms with Gasteiger partial charge in [0.25, 0.3) is 5.91 Å². The summed E-state index contributed by atoms with van der Waals surface area (Å²) in [5.41, 5.74) is 1.13. The summed E-state index contributed by atoms with van der Waals surface area (Å²) in [7, 11) is 0. The van der Waals surface area contributed by atoms with Gasteiger partial charge in [0.1, 0.15) is 5.15 Å². The maximum Gasteiger partial charge on any atom is 0.256 e. The molecule has 0 saturated heterocycles. The van der Waals surface area contributed by atoms with Crippen molar-refractivity contribution >= 4 is 40.7 Å². The van der Waals surface area contributed by atoms with E-state index in [9.17, 15) is 4.79 Å². The normalized spacial score (nSPS) is 13.6. The Balaban J connectivity index is 1.54. The summed E-state index contributed by atoms with van der Waals surface area (Å²) in [5.74, 6) is 0.532. The van der Waals surface area contributed by atoms with Crippen LogP contribution < -0.4 is 0 Å². The largest absolute Gasteiger partial charge is 0.419 e. The maximum atomic E-state index is 12.9. The number of hydrogen-bond donors (Lipinski definition) is 0. The van der Waals surface area contributed by atoms with Crippen LogP contribution in [0.3, 0.4) is 0 Å². The summed E-state index contributed by atoms with van der Waals surface area (Å²) in [6, 6.07) is 8.74. The molecule has 4 rings (SSSR count). The first kappa shape index (κ1) is 18.2. The summed E-state index contributed by atoms with van der Waals surface area (Å²) < 4.78 is 5.72. The summed E-state index contributed by atoms with van der Waals surface area (Å²) in [6.07, 6.45) is 3.27. The van der Waals surface area contributed by atoms with E-state index in [1.165, 1.54) is 12.3 Å². The minimum Gasteiger partial charge on any atom is -0.419 e. The third-order valence-corrected chi connectivity index (χ3v) is 5.09. The average molecular weight is 424 g/mol. The minimum atomic E-state index is -0.199. The van der Waals surface area contributed by atoms with E-state index in [-0.39, 0.29) is 28.7 Å². The number of carbonyl (C=O) groups excluding carboxylic acids is 1. The van der Waals surface area contributed by atoms with Crippen molar-refractivity contribution in [3.63, 3.8) is 0 Å². The highest BCUT2D eigenvalue weighted by atomic mass is 35.5. The number of rotatable bonds is 5. The Morgan fingerprint density at radius 1 is 1.15 bits per heavy atom. The van der Waals surface area contributed by atoms with Crippen molar-refractivity contribution in [2.75, 3.05) is 0 Å². The average Bonchev–Trinajstić information content (AvgIpc) is 3.40. The lowest BCUT2D eigenvalue weighted by atomic mass is 10.2. The topological polar surface area (TPSA) is 72.1 Å². The Labute approximate surface area is 170 Å². The summed E-state index contributed by atoms with van der Waals surface area (Å²) in [6.45, 7) is 0.213. The van der Waals surface area contributed by atoms with Crippen LogP contribution in [-0.4, -0.2) is 32.0 Å². The number of pyridine rings is 1. The number of hydrogen-bond acceptors (Lipinski definition) is 5. The molecule has 1 amide bonds.